The summed E-state index contributed by atoms with van der Waals surface area (Å²) in [5.74, 6) is 0.331. The summed E-state index contributed by atoms with van der Waals surface area (Å²) in [6.45, 7) is 0.274. The number of benzene rings is 1. The second-order valence-electron chi connectivity index (χ2n) is 3.83. The summed E-state index contributed by atoms with van der Waals surface area (Å²) in [5.41, 5.74) is 1.02. The van der Waals surface area contributed by atoms with Crippen LogP contribution in [0.3, 0.4) is 0 Å². The average molecular weight is 298 g/mol. The summed E-state index contributed by atoms with van der Waals surface area (Å²) in [5, 5.41) is 18.8. The van der Waals surface area contributed by atoms with Crippen LogP contribution in [0, 0.1) is 0 Å². The van der Waals surface area contributed by atoms with Crippen LogP contribution in [-0.2, 0) is 6.61 Å². The number of hydrogen-bond acceptors (Lipinski definition) is 4. The Morgan fingerprint density at radius 3 is 2.63 bits per heavy atom. The third-order valence-corrected chi connectivity index (χ3v) is 3.07. The summed E-state index contributed by atoms with van der Waals surface area (Å²) in [6.07, 6.45) is 3.34. The lowest BCUT2D eigenvalue weighted by Gasteiger charge is -2.11. The topological polar surface area (TPSA) is 62.6 Å². The van der Waals surface area contributed by atoms with E-state index >= 15 is 0 Å². The molecule has 1 aromatic carbocycles. The van der Waals surface area contributed by atoms with E-state index in [1.165, 1.54) is 12.1 Å². The predicted octanol–water partition coefficient (Wildman–Crippen LogP) is 1.65. The minimum Gasteiger partial charge on any atom is -0.487 e. The molecule has 0 amide bonds. The molecule has 0 radical (unpaired) electrons. The molecule has 0 saturated heterocycles. The fraction of sp³-hybridized carbons (Fsp3) is 0.0833. The lowest BCUT2D eigenvalue weighted by atomic mass is 9.80. The summed E-state index contributed by atoms with van der Waals surface area (Å²) in [7, 11) is -1.68. The van der Waals surface area contributed by atoms with Crippen molar-refractivity contribution in [3.63, 3.8) is 0 Å². The quantitative estimate of drug-likeness (QED) is 0.843. The van der Waals surface area contributed by atoms with Crippen molar-refractivity contribution in [3.8, 4) is 5.75 Å². The van der Waals surface area contributed by atoms with Gasteiger partial charge in [-0.15, -0.1) is 0 Å². The van der Waals surface area contributed by atoms with Gasteiger partial charge in [-0.1, -0.05) is 29.3 Å². The molecule has 0 atom stereocenters. The van der Waals surface area contributed by atoms with Crippen LogP contribution >= 0.6 is 23.2 Å². The van der Waals surface area contributed by atoms with E-state index in [-0.39, 0.29) is 17.1 Å². The third kappa shape index (κ3) is 3.61. The highest BCUT2D eigenvalue weighted by Crippen LogP contribution is 2.27. The van der Waals surface area contributed by atoms with E-state index in [2.05, 4.69) is 4.98 Å². The maximum absolute atomic E-state index is 9.17. The Morgan fingerprint density at radius 2 is 2.00 bits per heavy atom. The lowest BCUT2D eigenvalue weighted by molar-refractivity contribution is 0.306. The molecule has 2 N–H and O–H groups in total. The van der Waals surface area contributed by atoms with Crippen molar-refractivity contribution in [2.45, 2.75) is 6.61 Å². The molecule has 2 aromatic rings. The van der Waals surface area contributed by atoms with Gasteiger partial charge in [0, 0.05) is 28.4 Å². The van der Waals surface area contributed by atoms with Crippen LogP contribution in [0.2, 0.25) is 10.0 Å². The zero-order valence-corrected chi connectivity index (χ0v) is 11.3. The average Bonchev–Trinajstić information content (AvgIpc) is 2.38. The van der Waals surface area contributed by atoms with E-state index in [9.17, 15) is 0 Å². The SMILES string of the molecule is OB(O)c1cc(OCc2cccnc2)c(Cl)cc1Cl. The van der Waals surface area contributed by atoms with Gasteiger partial charge < -0.3 is 14.8 Å². The van der Waals surface area contributed by atoms with Crippen LogP contribution in [0.25, 0.3) is 0 Å². The van der Waals surface area contributed by atoms with Gasteiger partial charge in [0.15, 0.2) is 0 Å². The van der Waals surface area contributed by atoms with E-state index < -0.39 is 7.12 Å². The molecular weight excluding hydrogens is 288 g/mol. The molecule has 0 fully saturated rings. The van der Waals surface area contributed by atoms with Gasteiger partial charge in [-0.3, -0.25) is 4.98 Å². The van der Waals surface area contributed by atoms with E-state index in [0.717, 1.165) is 5.56 Å². The smallest absolute Gasteiger partial charge is 0.487 e. The van der Waals surface area contributed by atoms with Crippen LogP contribution in [0.4, 0.5) is 0 Å². The van der Waals surface area contributed by atoms with E-state index in [1.807, 2.05) is 6.07 Å². The second-order valence-corrected chi connectivity index (χ2v) is 4.64. The number of hydrogen-bond donors (Lipinski definition) is 2. The van der Waals surface area contributed by atoms with Crippen LogP contribution < -0.4 is 10.2 Å². The Bertz CT molecular complexity index is 566. The van der Waals surface area contributed by atoms with Crippen molar-refractivity contribution in [2.75, 3.05) is 0 Å². The molecular formula is C12H10BCl2NO3. The van der Waals surface area contributed by atoms with Crippen molar-refractivity contribution in [3.05, 3.63) is 52.3 Å². The first-order valence-corrected chi connectivity index (χ1v) is 6.20. The highest BCUT2D eigenvalue weighted by atomic mass is 35.5. The molecule has 0 aliphatic rings. The molecule has 1 aromatic heterocycles. The summed E-state index contributed by atoms with van der Waals surface area (Å²) < 4.78 is 5.52. The zero-order valence-electron chi connectivity index (χ0n) is 9.75. The molecule has 98 valence electrons. The minimum absolute atomic E-state index is 0.146. The first-order chi connectivity index (χ1) is 9.08. The van der Waals surface area contributed by atoms with E-state index in [4.69, 9.17) is 38.0 Å². The fourth-order valence-electron chi connectivity index (χ4n) is 1.50. The Hall–Kier alpha value is -1.27. The summed E-state index contributed by atoms with van der Waals surface area (Å²) in [4.78, 5) is 3.97. The van der Waals surface area contributed by atoms with Gasteiger partial charge in [-0.2, -0.15) is 0 Å². The predicted molar refractivity (Wildman–Crippen MR) is 74.9 cm³/mol. The first kappa shape index (κ1) is 14.2. The van der Waals surface area contributed by atoms with Crippen molar-refractivity contribution in [1.29, 1.82) is 0 Å². The molecule has 0 aliphatic heterocycles. The Balaban J connectivity index is 2.18. The minimum atomic E-state index is -1.68. The number of aromatic nitrogens is 1. The van der Waals surface area contributed by atoms with Gasteiger partial charge in [-0.05, 0) is 18.2 Å². The second kappa shape index (κ2) is 6.26. The summed E-state index contributed by atoms with van der Waals surface area (Å²) in [6, 6.07) is 6.48. The van der Waals surface area contributed by atoms with Gasteiger partial charge in [0.2, 0.25) is 0 Å². The molecule has 4 nitrogen and oxygen atoms in total. The van der Waals surface area contributed by atoms with Crippen LogP contribution in [0.5, 0.6) is 5.75 Å². The Labute approximate surface area is 120 Å². The number of halogens is 2. The Kier molecular flexibility index (Phi) is 4.66. The van der Waals surface area contributed by atoms with Crippen LogP contribution in [0.1, 0.15) is 5.56 Å². The molecule has 7 heteroatoms. The van der Waals surface area contributed by atoms with Gasteiger partial charge in [0.25, 0.3) is 0 Å². The molecule has 0 spiro atoms. The monoisotopic (exact) mass is 297 g/mol. The number of rotatable bonds is 4. The maximum Gasteiger partial charge on any atom is 0.490 e. The number of pyridine rings is 1. The lowest BCUT2D eigenvalue weighted by Crippen LogP contribution is -2.30. The summed E-state index contributed by atoms with van der Waals surface area (Å²) >= 11 is 11.8. The normalized spacial score (nSPS) is 10.3. The van der Waals surface area contributed by atoms with Gasteiger partial charge in [-0.25, -0.2) is 0 Å². The molecule has 0 saturated carbocycles. The highest BCUT2D eigenvalue weighted by molar-refractivity contribution is 6.63. The molecule has 0 unspecified atom stereocenters. The molecule has 19 heavy (non-hydrogen) atoms. The Morgan fingerprint density at radius 1 is 1.21 bits per heavy atom. The standard InChI is InChI=1S/C12H10BCl2NO3/c14-10-5-11(15)12(4-9(10)13(17)18)19-7-8-2-1-3-16-6-8/h1-6,17-18H,7H2. The van der Waals surface area contributed by atoms with Crippen molar-refractivity contribution >= 4 is 35.8 Å². The van der Waals surface area contributed by atoms with Crippen LogP contribution in [0.15, 0.2) is 36.7 Å². The van der Waals surface area contributed by atoms with Crippen molar-refractivity contribution < 1.29 is 14.8 Å². The van der Waals surface area contributed by atoms with Crippen molar-refractivity contribution in [2.24, 2.45) is 0 Å². The molecule has 0 aliphatic carbocycles. The molecule has 1 heterocycles. The molecule has 2 rings (SSSR count). The molecule has 0 bridgehead atoms. The largest absolute Gasteiger partial charge is 0.490 e. The van der Waals surface area contributed by atoms with Gasteiger partial charge in [0.05, 0.1) is 5.02 Å². The number of ether oxygens (including phenoxy) is 1. The van der Waals surface area contributed by atoms with Gasteiger partial charge >= 0.3 is 7.12 Å². The van der Waals surface area contributed by atoms with E-state index in [1.54, 1.807) is 18.5 Å². The highest BCUT2D eigenvalue weighted by Gasteiger charge is 2.18. The van der Waals surface area contributed by atoms with E-state index in [0.29, 0.717) is 10.8 Å². The fourth-order valence-corrected chi connectivity index (χ4v) is 2.03. The van der Waals surface area contributed by atoms with Gasteiger partial charge in [0.1, 0.15) is 12.4 Å². The maximum atomic E-state index is 9.17. The van der Waals surface area contributed by atoms with Crippen LogP contribution in [-0.4, -0.2) is 22.2 Å². The number of nitrogens with zero attached hydrogens (tertiary/aromatic N) is 1. The van der Waals surface area contributed by atoms with Crippen molar-refractivity contribution in [1.82, 2.24) is 4.98 Å². The third-order valence-electron chi connectivity index (χ3n) is 2.45. The first-order valence-electron chi connectivity index (χ1n) is 5.44. The zero-order chi connectivity index (χ0) is 13.8.